The molecule has 0 aromatic heterocycles. The van der Waals surface area contributed by atoms with Crippen LogP contribution >= 0.6 is 0 Å². The van der Waals surface area contributed by atoms with Crippen LogP contribution in [0.25, 0.3) is 0 Å². The highest BCUT2D eigenvalue weighted by Gasteiger charge is 2.22. The lowest BCUT2D eigenvalue weighted by molar-refractivity contribution is -0.124. The summed E-state index contributed by atoms with van der Waals surface area (Å²) in [5, 5.41) is 3.10. The summed E-state index contributed by atoms with van der Waals surface area (Å²) in [6.45, 7) is 6.52. The molecule has 1 N–H and O–H groups in total. The number of likely N-dealkylation sites (tertiary alicyclic amines) is 1. The largest absolute Gasteiger partial charge is 0.352 e. The van der Waals surface area contributed by atoms with Crippen molar-refractivity contribution >= 4 is 5.91 Å². The van der Waals surface area contributed by atoms with Gasteiger partial charge in [0.05, 0.1) is 0 Å². The first kappa shape index (κ1) is 16.5. The van der Waals surface area contributed by atoms with Crippen molar-refractivity contribution in [2.24, 2.45) is 11.8 Å². The van der Waals surface area contributed by atoms with Crippen LogP contribution in [0.15, 0.2) is 24.3 Å². The second-order valence-corrected chi connectivity index (χ2v) is 7.47. The molecule has 1 amide bonds. The number of rotatable bonds is 5. The van der Waals surface area contributed by atoms with E-state index < -0.39 is 0 Å². The maximum atomic E-state index is 12.1. The summed E-state index contributed by atoms with van der Waals surface area (Å²) in [6, 6.07) is 8.76. The van der Waals surface area contributed by atoms with Gasteiger partial charge in [-0.1, -0.05) is 44.0 Å². The van der Waals surface area contributed by atoms with E-state index in [2.05, 4.69) is 41.4 Å². The van der Waals surface area contributed by atoms with Gasteiger partial charge in [-0.25, -0.2) is 0 Å². The van der Waals surface area contributed by atoms with Crippen LogP contribution < -0.4 is 5.32 Å². The zero-order chi connectivity index (χ0) is 16.1. The van der Waals surface area contributed by atoms with Crippen molar-refractivity contribution in [3.63, 3.8) is 0 Å². The molecule has 3 heteroatoms. The topological polar surface area (TPSA) is 32.3 Å². The molecule has 0 bridgehead atoms. The van der Waals surface area contributed by atoms with Crippen LogP contribution in [0, 0.1) is 11.8 Å². The van der Waals surface area contributed by atoms with Crippen LogP contribution in [0.2, 0.25) is 0 Å². The van der Waals surface area contributed by atoms with Gasteiger partial charge in [0, 0.05) is 19.0 Å². The third kappa shape index (κ3) is 4.81. The summed E-state index contributed by atoms with van der Waals surface area (Å²) < 4.78 is 0. The monoisotopic (exact) mass is 314 g/mol. The summed E-state index contributed by atoms with van der Waals surface area (Å²) in [5.41, 5.74) is 2.58. The zero-order valence-corrected chi connectivity index (χ0v) is 14.4. The lowest BCUT2D eigenvalue weighted by atomic mass is 9.99. The Morgan fingerprint density at radius 2 is 1.65 bits per heavy atom. The van der Waals surface area contributed by atoms with Crippen LogP contribution in [-0.4, -0.2) is 23.9 Å². The third-order valence-corrected chi connectivity index (χ3v) is 5.50. The predicted octanol–water partition coefficient (Wildman–Crippen LogP) is 3.72. The van der Waals surface area contributed by atoms with Crippen molar-refractivity contribution in [2.75, 3.05) is 13.1 Å². The minimum atomic E-state index is 0.244. The molecule has 1 aromatic carbocycles. The van der Waals surface area contributed by atoms with E-state index in [0.717, 1.165) is 25.3 Å². The van der Waals surface area contributed by atoms with Gasteiger partial charge in [0.15, 0.2) is 0 Å². The number of amides is 1. The van der Waals surface area contributed by atoms with E-state index in [1.54, 1.807) is 0 Å². The summed E-state index contributed by atoms with van der Waals surface area (Å²) in [4.78, 5) is 14.6. The van der Waals surface area contributed by atoms with Gasteiger partial charge in [0.25, 0.3) is 0 Å². The Morgan fingerprint density at radius 3 is 2.30 bits per heavy atom. The first-order valence-electron chi connectivity index (χ1n) is 9.28. The molecule has 1 aliphatic heterocycles. The molecule has 0 atom stereocenters. The Bertz CT molecular complexity index is 497. The minimum absolute atomic E-state index is 0.244. The molecule has 126 valence electrons. The van der Waals surface area contributed by atoms with Crippen molar-refractivity contribution in [2.45, 2.75) is 58.5 Å². The summed E-state index contributed by atoms with van der Waals surface area (Å²) >= 11 is 0. The van der Waals surface area contributed by atoms with Crippen molar-refractivity contribution in [1.82, 2.24) is 10.2 Å². The summed E-state index contributed by atoms with van der Waals surface area (Å²) in [5.74, 6) is 1.39. The minimum Gasteiger partial charge on any atom is -0.352 e. The maximum Gasteiger partial charge on any atom is 0.223 e. The van der Waals surface area contributed by atoms with Crippen molar-refractivity contribution in [3.05, 3.63) is 35.4 Å². The van der Waals surface area contributed by atoms with E-state index >= 15 is 0 Å². The molecule has 0 radical (unpaired) electrons. The summed E-state index contributed by atoms with van der Waals surface area (Å²) in [6.07, 6.45) is 7.21. The highest BCUT2D eigenvalue weighted by atomic mass is 16.1. The van der Waals surface area contributed by atoms with Crippen molar-refractivity contribution in [3.8, 4) is 0 Å². The molecule has 1 saturated heterocycles. The standard InChI is InChI=1S/C20H30N2O/c1-16-10-12-22(13-11-16)15-18-8-6-17(7-9-18)14-21-20(23)19-4-2-3-5-19/h6-9,16,19H,2-5,10-15H2,1H3,(H,21,23). The molecule has 2 aliphatic rings. The molecule has 1 saturated carbocycles. The summed E-state index contributed by atoms with van der Waals surface area (Å²) in [7, 11) is 0. The number of carbonyl (C=O) groups is 1. The number of nitrogens with zero attached hydrogens (tertiary/aromatic N) is 1. The lowest BCUT2D eigenvalue weighted by Crippen LogP contribution is -2.32. The Morgan fingerprint density at radius 1 is 1.04 bits per heavy atom. The first-order chi connectivity index (χ1) is 11.2. The highest BCUT2D eigenvalue weighted by Crippen LogP contribution is 2.24. The van der Waals surface area contributed by atoms with Gasteiger partial charge < -0.3 is 5.32 Å². The predicted molar refractivity (Wildman–Crippen MR) is 93.9 cm³/mol. The Hall–Kier alpha value is -1.35. The highest BCUT2D eigenvalue weighted by molar-refractivity contribution is 5.78. The van der Waals surface area contributed by atoms with E-state index in [0.29, 0.717) is 6.54 Å². The van der Waals surface area contributed by atoms with Crippen LogP contribution in [0.3, 0.4) is 0 Å². The smallest absolute Gasteiger partial charge is 0.223 e. The quantitative estimate of drug-likeness (QED) is 0.898. The van der Waals surface area contributed by atoms with Gasteiger partial charge in [0.1, 0.15) is 0 Å². The van der Waals surface area contributed by atoms with E-state index in [1.165, 1.54) is 49.9 Å². The van der Waals surface area contributed by atoms with Gasteiger partial charge in [-0.3, -0.25) is 9.69 Å². The molecule has 2 fully saturated rings. The molecule has 1 aromatic rings. The fourth-order valence-electron chi connectivity index (χ4n) is 3.76. The van der Waals surface area contributed by atoms with Gasteiger partial charge in [-0.05, 0) is 55.8 Å². The van der Waals surface area contributed by atoms with E-state index in [1.807, 2.05) is 0 Å². The maximum absolute atomic E-state index is 12.1. The Kier molecular flexibility index (Phi) is 5.71. The molecule has 23 heavy (non-hydrogen) atoms. The SMILES string of the molecule is CC1CCN(Cc2ccc(CNC(=O)C3CCCC3)cc2)CC1. The van der Waals surface area contributed by atoms with E-state index in [-0.39, 0.29) is 11.8 Å². The number of nitrogens with one attached hydrogen (secondary N) is 1. The van der Waals surface area contributed by atoms with E-state index in [9.17, 15) is 4.79 Å². The second-order valence-electron chi connectivity index (χ2n) is 7.47. The number of hydrogen-bond donors (Lipinski definition) is 1. The third-order valence-electron chi connectivity index (χ3n) is 5.50. The molecular weight excluding hydrogens is 284 g/mol. The van der Waals surface area contributed by atoms with Crippen LogP contribution in [0.1, 0.15) is 56.6 Å². The number of piperidine rings is 1. The van der Waals surface area contributed by atoms with Gasteiger partial charge in [-0.2, -0.15) is 0 Å². The zero-order valence-electron chi connectivity index (χ0n) is 14.4. The Balaban J connectivity index is 1.44. The average Bonchev–Trinajstić information content (AvgIpc) is 3.11. The number of hydrogen-bond acceptors (Lipinski definition) is 2. The van der Waals surface area contributed by atoms with Crippen LogP contribution in [0.4, 0.5) is 0 Å². The normalized spacial score (nSPS) is 20.7. The average molecular weight is 314 g/mol. The van der Waals surface area contributed by atoms with Crippen LogP contribution in [0.5, 0.6) is 0 Å². The number of benzene rings is 1. The molecule has 3 nitrogen and oxygen atoms in total. The fraction of sp³-hybridized carbons (Fsp3) is 0.650. The van der Waals surface area contributed by atoms with E-state index in [4.69, 9.17) is 0 Å². The van der Waals surface area contributed by atoms with Gasteiger partial charge in [0.2, 0.25) is 5.91 Å². The molecule has 1 aliphatic carbocycles. The van der Waals surface area contributed by atoms with Crippen molar-refractivity contribution < 1.29 is 4.79 Å². The Labute approximate surface area is 140 Å². The number of carbonyl (C=O) groups excluding carboxylic acids is 1. The fourth-order valence-corrected chi connectivity index (χ4v) is 3.76. The van der Waals surface area contributed by atoms with Crippen LogP contribution in [-0.2, 0) is 17.9 Å². The second kappa shape index (κ2) is 7.96. The first-order valence-corrected chi connectivity index (χ1v) is 9.28. The molecular formula is C20H30N2O. The molecule has 3 rings (SSSR count). The molecule has 0 unspecified atom stereocenters. The molecule has 0 spiro atoms. The molecule has 1 heterocycles. The van der Waals surface area contributed by atoms with Gasteiger partial charge >= 0.3 is 0 Å². The van der Waals surface area contributed by atoms with Crippen molar-refractivity contribution in [1.29, 1.82) is 0 Å². The lowest BCUT2D eigenvalue weighted by Gasteiger charge is -2.30. The van der Waals surface area contributed by atoms with Gasteiger partial charge in [-0.15, -0.1) is 0 Å².